The Hall–Kier alpha value is -1.78. The van der Waals surface area contributed by atoms with Gasteiger partial charge in [0.1, 0.15) is 12.2 Å². The second-order valence-electron chi connectivity index (χ2n) is 5.90. The van der Waals surface area contributed by atoms with Gasteiger partial charge in [-0.25, -0.2) is 4.79 Å². The lowest BCUT2D eigenvalue weighted by atomic mass is 9.83. The minimum atomic E-state index is -1.01. The minimum absolute atomic E-state index is 0.0729. The van der Waals surface area contributed by atoms with Gasteiger partial charge < -0.3 is 15.0 Å². The van der Waals surface area contributed by atoms with Crippen molar-refractivity contribution in [3.05, 3.63) is 24.0 Å². The van der Waals surface area contributed by atoms with Crippen LogP contribution in [0.25, 0.3) is 0 Å². The third-order valence-corrected chi connectivity index (χ3v) is 4.27. The van der Waals surface area contributed by atoms with Gasteiger partial charge in [0.2, 0.25) is 5.91 Å². The molecule has 0 saturated heterocycles. The molecule has 0 radical (unpaired) electrons. The molecule has 5 nitrogen and oxygen atoms in total. The molecule has 0 aromatic carbocycles. The predicted molar refractivity (Wildman–Crippen MR) is 80.2 cm³/mol. The maximum atomic E-state index is 12.0. The standard InChI is InChI=1S/C16H24N2O3/c1-2-4-12-6-8-13(9-7-12)17-15(19)11-18-10-3-5-14(18)16(20)21/h3,5,10,12-13H,2,4,6-9,11H2,1H3,(H,17,19)(H,20,21). The van der Waals surface area contributed by atoms with Crippen molar-refractivity contribution in [1.82, 2.24) is 9.88 Å². The SMILES string of the molecule is CCCC1CCC(NC(=O)Cn2cccc2C(=O)O)CC1. The van der Waals surface area contributed by atoms with Crippen LogP contribution in [0.5, 0.6) is 0 Å². The number of aromatic carboxylic acids is 1. The highest BCUT2D eigenvalue weighted by Gasteiger charge is 2.22. The molecule has 0 spiro atoms. The van der Waals surface area contributed by atoms with Crippen LogP contribution in [0.4, 0.5) is 0 Å². The third kappa shape index (κ3) is 4.34. The topological polar surface area (TPSA) is 71.3 Å². The van der Waals surface area contributed by atoms with Gasteiger partial charge in [0.25, 0.3) is 0 Å². The van der Waals surface area contributed by atoms with Crippen molar-refractivity contribution < 1.29 is 14.7 Å². The zero-order chi connectivity index (χ0) is 15.2. The van der Waals surface area contributed by atoms with Crippen LogP contribution in [0.1, 0.15) is 55.9 Å². The number of carbonyl (C=O) groups excluding carboxylic acids is 1. The number of hydrogen-bond donors (Lipinski definition) is 2. The largest absolute Gasteiger partial charge is 0.477 e. The van der Waals surface area contributed by atoms with E-state index in [9.17, 15) is 9.59 Å². The zero-order valence-electron chi connectivity index (χ0n) is 12.5. The number of amides is 1. The van der Waals surface area contributed by atoms with Crippen molar-refractivity contribution in [2.24, 2.45) is 5.92 Å². The maximum absolute atomic E-state index is 12.0. The smallest absolute Gasteiger partial charge is 0.352 e. The number of carboxylic acids is 1. The van der Waals surface area contributed by atoms with Gasteiger partial charge in [-0.05, 0) is 43.7 Å². The van der Waals surface area contributed by atoms with Crippen LogP contribution in [0, 0.1) is 5.92 Å². The fourth-order valence-corrected chi connectivity index (χ4v) is 3.18. The molecule has 1 aromatic heterocycles. The molecule has 1 heterocycles. The van der Waals surface area contributed by atoms with Crippen molar-refractivity contribution in [3.63, 3.8) is 0 Å². The Kier molecular flexibility index (Phi) is 5.42. The summed E-state index contributed by atoms with van der Waals surface area (Å²) in [5.74, 6) is -0.299. The van der Waals surface area contributed by atoms with Gasteiger partial charge in [-0.1, -0.05) is 19.8 Å². The Morgan fingerprint density at radius 2 is 2.05 bits per heavy atom. The van der Waals surface area contributed by atoms with E-state index in [0.29, 0.717) is 0 Å². The zero-order valence-corrected chi connectivity index (χ0v) is 12.5. The maximum Gasteiger partial charge on any atom is 0.352 e. The molecular formula is C16H24N2O3. The first-order chi connectivity index (χ1) is 10.1. The highest BCUT2D eigenvalue weighted by molar-refractivity contribution is 5.86. The molecule has 2 N–H and O–H groups in total. The predicted octanol–water partition coefficient (Wildman–Crippen LogP) is 2.66. The summed E-state index contributed by atoms with van der Waals surface area (Å²) in [7, 11) is 0. The lowest BCUT2D eigenvalue weighted by Gasteiger charge is -2.29. The van der Waals surface area contributed by atoms with E-state index < -0.39 is 5.97 Å². The average Bonchev–Trinajstić information content (AvgIpc) is 2.89. The van der Waals surface area contributed by atoms with E-state index >= 15 is 0 Å². The fraction of sp³-hybridized carbons (Fsp3) is 0.625. The molecule has 1 fully saturated rings. The lowest BCUT2D eigenvalue weighted by molar-refractivity contribution is -0.122. The van der Waals surface area contributed by atoms with Crippen LogP contribution in [0.2, 0.25) is 0 Å². The molecule has 116 valence electrons. The van der Waals surface area contributed by atoms with Crippen LogP contribution in [0.3, 0.4) is 0 Å². The molecule has 1 aliphatic carbocycles. The van der Waals surface area contributed by atoms with Crippen molar-refractivity contribution >= 4 is 11.9 Å². The number of rotatable bonds is 6. The van der Waals surface area contributed by atoms with Crippen molar-refractivity contribution in [1.29, 1.82) is 0 Å². The summed E-state index contributed by atoms with van der Waals surface area (Å²) in [6.07, 6.45) is 8.58. The molecule has 0 aliphatic heterocycles. The monoisotopic (exact) mass is 292 g/mol. The van der Waals surface area contributed by atoms with E-state index in [1.54, 1.807) is 12.3 Å². The number of nitrogens with one attached hydrogen (secondary N) is 1. The molecule has 0 atom stereocenters. The van der Waals surface area contributed by atoms with E-state index in [1.807, 2.05) is 0 Å². The summed E-state index contributed by atoms with van der Waals surface area (Å²) in [5, 5.41) is 12.0. The molecule has 1 aliphatic rings. The normalized spacial score (nSPS) is 22.0. The third-order valence-electron chi connectivity index (χ3n) is 4.27. The summed E-state index contributed by atoms with van der Waals surface area (Å²) in [6.45, 7) is 2.29. The van der Waals surface area contributed by atoms with Gasteiger partial charge in [0.15, 0.2) is 0 Å². The number of carboxylic acid groups (broad SMARTS) is 1. The molecule has 1 amide bonds. The summed E-state index contributed by atoms with van der Waals surface area (Å²) >= 11 is 0. The molecule has 1 saturated carbocycles. The van der Waals surface area contributed by atoms with E-state index in [2.05, 4.69) is 12.2 Å². The molecule has 1 aromatic rings. The van der Waals surface area contributed by atoms with Crippen LogP contribution in [-0.2, 0) is 11.3 Å². The summed E-state index contributed by atoms with van der Waals surface area (Å²) < 4.78 is 1.47. The molecule has 21 heavy (non-hydrogen) atoms. The van der Waals surface area contributed by atoms with Gasteiger partial charge in [0.05, 0.1) is 0 Å². The molecule has 2 rings (SSSR count). The first kappa shape index (κ1) is 15.6. The Morgan fingerprint density at radius 1 is 1.33 bits per heavy atom. The number of hydrogen-bond acceptors (Lipinski definition) is 2. The van der Waals surface area contributed by atoms with Crippen LogP contribution < -0.4 is 5.32 Å². The van der Waals surface area contributed by atoms with E-state index in [0.717, 1.165) is 18.8 Å². The summed E-state index contributed by atoms with van der Waals surface area (Å²) in [6, 6.07) is 3.40. The minimum Gasteiger partial charge on any atom is -0.477 e. The van der Waals surface area contributed by atoms with Gasteiger partial charge in [-0.2, -0.15) is 0 Å². The number of aromatic nitrogens is 1. The number of nitrogens with zero attached hydrogens (tertiary/aromatic N) is 1. The first-order valence-corrected chi connectivity index (χ1v) is 7.78. The Bertz CT molecular complexity index is 487. The first-order valence-electron chi connectivity index (χ1n) is 7.78. The second-order valence-corrected chi connectivity index (χ2v) is 5.90. The fourth-order valence-electron chi connectivity index (χ4n) is 3.18. The van der Waals surface area contributed by atoms with Gasteiger partial charge >= 0.3 is 5.97 Å². The highest BCUT2D eigenvalue weighted by Crippen LogP contribution is 2.27. The molecule has 0 bridgehead atoms. The van der Waals surface area contributed by atoms with Crippen molar-refractivity contribution in [2.75, 3.05) is 0 Å². The van der Waals surface area contributed by atoms with Crippen molar-refractivity contribution in [3.8, 4) is 0 Å². The summed E-state index contributed by atoms with van der Waals surface area (Å²) in [4.78, 5) is 23.0. The number of carbonyl (C=O) groups is 2. The Balaban J connectivity index is 1.80. The second kappa shape index (κ2) is 7.29. The molecule has 5 heteroatoms. The molecule has 0 unspecified atom stereocenters. The molecular weight excluding hydrogens is 268 g/mol. The van der Waals surface area contributed by atoms with Crippen molar-refractivity contribution in [2.45, 2.75) is 58.0 Å². The lowest BCUT2D eigenvalue weighted by Crippen LogP contribution is -2.39. The van der Waals surface area contributed by atoms with Gasteiger partial charge in [0, 0.05) is 12.2 Å². The van der Waals surface area contributed by atoms with E-state index in [1.165, 1.54) is 36.3 Å². The quantitative estimate of drug-likeness (QED) is 0.846. The average molecular weight is 292 g/mol. The van der Waals surface area contributed by atoms with E-state index in [-0.39, 0.29) is 24.2 Å². The van der Waals surface area contributed by atoms with Gasteiger partial charge in [-0.15, -0.1) is 0 Å². The van der Waals surface area contributed by atoms with Crippen LogP contribution in [0.15, 0.2) is 18.3 Å². The van der Waals surface area contributed by atoms with Gasteiger partial charge in [-0.3, -0.25) is 4.79 Å². The Morgan fingerprint density at radius 3 is 2.67 bits per heavy atom. The highest BCUT2D eigenvalue weighted by atomic mass is 16.4. The Labute approximate surface area is 125 Å². The van der Waals surface area contributed by atoms with Crippen LogP contribution in [-0.4, -0.2) is 27.6 Å². The van der Waals surface area contributed by atoms with E-state index in [4.69, 9.17) is 5.11 Å². The summed E-state index contributed by atoms with van der Waals surface area (Å²) in [5.41, 5.74) is 0.150. The van der Waals surface area contributed by atoms with Crippen LogP contribution >= 0.6 is 0 Å².